The normalized spacial score (nSPS) is 14.7. The van der Waals surface area contributed by atoms with Gasteiger partial charge in [0.05, 0.1) is 17.8 Å². The average Bonchev–Trinajstić information content (AvgIpc) is 2.35. The topological polar surface area (TPSA) is 47.0 Å². The van der Waals surface area contributed by atoms with Crippen LogP contribution in [0.4, 0.5) is 0 Å². The van der Waals surface area contributed by atoms with E-state index in [0.29, 0.717) is 0 Å². The molecule has 16 heavy (non-hydrogen) atoms. The van der Waals surface area contributed by atoms with Gasteiger partial charge in [-0.3, -0.25) is 9.97 Å². The second-order valence-electron chi connectivity index (χ2n) is 3.92. The second kappa shape index (κ2) is 7.30. The summed E-state index contributed by atoms with van der Waals surface area (Å²) in [6, 6.07) is 0.226. The Hall–Kier alpha value is -1.00. The Kier molecular flexibility index (Phi) is 5.96. The van der Waals surface area contributed by atoms with Gasteiger partial charge in [0.15, 0.2) is 0 Å². The average molecular weight is 223 g/mol. The molecule has 4 nitrogen and oxygen atoms in total. The number of hydrogen-bond donors (Lipinski definition) is 1. The van der Waals surface area contributed by atoms with Crippen molar-refractivity contribution in [2.24, 2.45) is 0 Å². The second-order valence-corrected chi connectivity index (χ2v) is 3.92. The number of nitrogens with one attached hydrogen (secondary N) is 1. The molecule has 0 spiro atoms. The largest absolute Gasteiger partial charge is 0.382 e. The van der Waals surface area contributed by atoms with Crippen LogP contribution in [0.3, 0.4) is 0 Å². The van der Waals surface area contributed by atoms with Crippen molar-refractivity contribution in [1.82, 2.24) is 15.3 Å². The van der Waals surface area contributed by atoms with Gasteiger partial charge in [-0.2, -0.15) is 0 Å². The first-order chi connectivity index (χ1) is 7.77. The van der Waals surface area contributed by atoms with Crippen LogP contribution in [0.1, 0.15) is 38.4 Å². The minimum atomic E-state index is 0.219. The third-order valence-corrected chi connectivity index (χ3v) is 2.55. The summed E-state index contributed by atoms with van der Waals surface area (Å²) < 4.78 is 5.29. The van der Waals surface area contributed by atoms with Gasteiger partial charge < -0.3 is 10.1 Å². The Morgan fingerprint density at radius 2 is 2.25 bits per heavy atom. The molecule has 0 saturated carbocycles. The maximum absolute atomic E-state index is 5.29. The molecule has 1 heterocycles. The molecule has 4 heteroatoms. The van der Waals surface area contributed by atoms with Crippen molar-refractivity contribution in [2.75, 3.05) is 13.7 Å². The number of ether oxygens (including phenoxy) is 1. The minimum Gasteiger partial charge on any atom is -0.382 e. The lowest BCUT2D eigenvalue weighted by atomic mass is 10.1. The number of nitrogens with zero attached hydrogens (tertiary/aromatic N) is 2. The SMILES string of the molecule is CCCNC(CC(C)OC)c1cnccn1. The summed E-state index contributed by atoms with van der Waals surface area (Å²) in [6.45, 7) is 5.20. The molecule has 0 aromatic carbocycles. The fourth-order valence-corrected chi connectivity index (χ4v) is 1.55. The number of methoxy groups -OCH3 is 1. The summed E-state index contributed by atoms with van der Waals surface area (Å²) >= 11 is 0. The van der Waals surface area contributed by atoms with Crippen LogP contribution in [-0.2, 0) is 4.74 Å². The third-order valence-electron chi connectivity index (χ3n) is 2.55. The van der Waals surface area contributed by atoms with Gasteiger partial charge in [0, 0.05) is 25.7 Å². The highest BCUT2D eigenvalue weighted by atomic mass is 16.5. The first kappa shape index (κ1) is 13.1. The van der Waals surface area contributed by atoms with Crippen LogP contribution < -0.4 is 5.32 Å². The summed E-state index contributed by atoms with van der Waals surface area (Å²) in [5.74, 6) is 0. The molecule has 2 atom stereocenters. The molecule has 2 unspecified atom stereocenters. The molecule has 1 aromatic heterocycles. The van der Waals surface area contributed by atoms with E-state index in [-0.39, 0.29) is 12.1 Å². The summed E-state index contributed by atoms with van der Waals surface area (Å²) in [5, 5.41) is 3.47. The molecule has 0 bridgehead atoms. The van der Waals surface area contributed by atoms with Crippen LogP contribution >= 0.6 is 0 Å². The molecule has 0 radical (unpaired) electrons. The molecule has 1 rings (SSSR count). The Bertz CT molecular complexity index is 279. The fraction of sp³-hybridized carbons (Fsp3) is 0.667. The van der Waals surface area contributed by atoms with Crippen LogP contribution in [-0.4, -0.2) is 29.7 Å². The highest BCUT2D eigenvalue weighted by Gasteiger charge is 2.15. The van der Waals surface area contributed by atoms with Crippen molar-refractivity contribution < 1.29 is 4.74 Å². The van der Waals surface area contributed by atoms with Crippen molar-refractivity contribution in [3.8, 4) is 0 Å². The van der Waals surface area contributed by atoms with Crippen LogP contribution in [0.15, 0.2) is 18.6 Å². The molecule has 0 aliphatic carbocycles. The third kappa shape index (κ3) is 4.24. The van der Waals surface area contributed by atoms with E-state index in [2.05, 4.69) is 29.1 Å². The maximum atomic E-state index is 5.29. The van der Waals surface area contributed by atoms with Gasteiger partial charge in [-0.1, -0.05) is 6.92 Å². The molecule has 1 aromatic rings. The Morgan fingerprint density at radius 1 is 1.44 bits per heavy atom. The lowest BCUT2D eigenvalue weighted by Gasteiger charge is -2.20. The zero-order valence-corrected chi connectivity index (χ0v) is 10.3. The van der Waals surface area contributed by atoms with Gasteiger partial charge in [0.2, 0.25) is 0 Å². The monoisotopic (exact) mass is 223 g/mol. The highest BCUT2D eigenvalue weighted by Crippen LogP contribution is 2.16. The summed E-state index contributed by atoms with van der Waals surface area (Å²) in [5.41, 5.74) is 0.986. The summed E-state index contributed by atoms with van der Waals surface area (Å²) in [7, 11) is 1.73. The van der Waals surface area contributed by atoms with E-state index in [4.69, 9.17) is 4.74 Å². The van der Waals surface area contributed by atoms with Gasteiger partial charge in [-0.25, -0.2) is 0 Å². The quantitative estimate of drug-likeness (QED) is 0.767. The van der Waals surface area contributed by atoms with Crippen LogP contribution in [0.25, 0.3) is 0 Å². The smallest absolute Gasteiger partial charge is 0.0757 e. The predicted molar refractivity (Wildman–Crippen MR) is 64.2 cm³/mol. The van der Waals surface area contributed by atoms with Crippen molar-refractivity contribution >= 4 is 0 Å². The zero-order chi connectivity index (χ0) is 11.8. The van der Waals surface area contributed by atoms with Crippen molar-refractivity contribution in [1.29, 1.82) is 0 Å². The van der Waals surface area contributed by atoms with Gasteiger partial charge >= 0.3 is 0 Å². The van der Waals surface area contributed by atoms with E-state index in [1.807, 2.05) is 6.20 Å². The first-order valence-electron chi connectivity index (χ1n) is 5.80. The molecule has 0 amide bonds. The van der Waals surface area contributed by atoms with Crippen molar-refractivity contribution in [3.05, 3.63) is 24.3 Å². The maximum Gasteiger partial charge on any atom is 0.0757 e. The predicted octanol–water partition coefficient (Wildman–Crippen LogP) is 1.94. The van der Waals surface area contributed by atoms with E-state index in [1.165, 1.54) is 0 Å². The molecular weight excluding hydrogens is 202 g/mol. The van der Waals surface area contributed by atoms with E-state index < -0.39 is 0 Å². The molecule has 0 aliphatic heterocycles. The van der Waals surface area contributed by atoms with E-state index in [0.717, 1.165) is 25.1 Å². The number of aromatic nitrogens is 2. The van der Waals surface area contributed by atoms with Crippen molar-refractivity contribution in [3.63, 3.8) is 0 Å². The molecular formula is C12H21N3O. The molecule has 90 valence electrons. The zero-order valence-electron chi connectivity index (χ0n) is 10.3. The van der Waals surface area contributed by atoms with Gasteiger partial charge in [0.1, 0.15) is 0 Å². The standard InChI is InChI=1S/C12H21N3O/c1-4-5-14-11(8-10(2)16-3)12-9-13-6-7-15-12/h6-7,9-11,14H,4-5,8H2,1-3H3. The molecule has 0 aliphatic rings. The van der Waals surface area contributed by atoms with Crippen molar-refractivity contribution in [2.45, 2.75) is 38.8 Å². The lowest BCUT2D eigenvalue weighted by molar-refractivity contribution is 0.0998. The Balaban J connectivity index is 2.63. The Morgan fingerprint density at radius 3 is 2.81 bits per heavy atom. The molecule has 0 fully saturated rings. The minimum absolute atomic E-state index is 0.219. The van der Waals surface area contributed by atoms with E-state index in [9.17, 15) is 0 Å². The van der Waals surface area contributed by atoms with Crippen LogP contribution in [0.2, 0.25) is 0 Å². The van der Waals surface area contributed by atoms with Gasteiger partial charge in [0.25, 0.3) is 0 Å². The van der Waals surface area contributed by atoms with E-state index >= 15 is 0 Å². The van der Waals surface area contributed by atoms with Gasteiger partial charge in [-0.05, 0) is 26.3 Å². The van der Waals surface area contributed by atoms with Gasteiger partial charge in [-0.15, -0.1) is 0 Å². The number of hydrogen-bond acceptors (Lipinski definition) is 4. The number of rotatable bonds is 7. The highest BCUT2D eigenvalue weighted by molar-refractivity contribution is 5.02. The van der Waals surface area contributed by atoms with Crippen LogP contribution in [0.5, 0.6) is 0 Å². The first-order valence-corrected chi connectivity index (χ1v) is 5.80. The summed E-state index contributed by atoms with van der Waals surface area (Å²) in [6.07, 6.45) is 7.48. The van der Waals surface area contributed by atoms with Crippen LogP contribution in [0, 0.1) is 0 Å². The molecule has 0 saturated heterocycles. The molecule has 1 N–H and O–H groups in total. The fourth-order valence-electron chi connectivity index (χ4n) is 1.55. The Labute approximate surface area is 97.5 Å². The lowest BCUT2D eigenvalue weighted by Crippen LogP contribution is -2.26. The van der Waals surface area contributed by atoms with E-state index in [1.54, 1.807) is 19.5 Å². The summed E-state index contributed by atoms with van der Waals surface area (Å²) in [4.78, 5) is 8.44.